The Hall–Kier alpha value is -2.15. The summed E-state index contributed by atoms with van der Waals surface area (Å²) in [6.07, 6.45) is 1.59. The largest absolute Gasteiger partial charge is 0.480 e. The van der Waals surface area contributed by atoms with Crippen molar-refractivity contribution in [1.29, 1.82) is 0 Å². The lowest BCUT2D eigenvalue weighted by Gasteiger charge is -2.12. The third-order valence-electron chi connectivity index (χ3n) is 1.94. The van der Waals surface area contributed by atoms with Gasteiger partial charge in [-0.2, -0.15) is 0 Å². The zero-order valence-electron chi connectivity index (χ0n) is 8.96. The predicted molar refractivity (Wildman–Crippen MR) is 58.1 cm³/mol. The van der Waals surface area contributed by atoms with Crippen molar-refractivity contribution in [3.8, 4) is 0 Å². The molecule has 1 heterocycles. The monoisotopic (exact) mass is 239 g/mol. The lowest BCUT2D eigenvalue weighted by molar-refractivity contribution is -0.140. The first kappa shape index (κ1) is 12.9. The van der Waals surface area contributed by atoms with Gasteiger partial charge in [0.05, 0.1) is 18.8 Å². The van der Waals surface area contributed by atoms with E-state index in [1.807, 2.05) is 0 Å². The predicted octanol–water partition coefficient (Wildman–Crippen LogP) is -0.674. The first-order valence-electron chi connectivity index (χ1n) is 4.91. The maximum atomic E-state index is 11.3. The van der Waals surface area contributed by atoms with Crippen molar-refractivity contribution in [2.75, 3.05) is 6.61 Å². The molecule has 0 radical (unpaired) electrons. The van der Waals surface area contributed by atoms with Crippen LogP contribution in [0.2, 0.25) is 0 Å². The zero-order chi connectivity index (χ0) is 12.7. The minimum Gasteiger partial charge on any atom is -0.480 e. The molecule has 2 amide bonds. The van der Waals surface area contributed by atoms with Crippen LogP contribution >= 0.6 is 0 Å². The molecule has 0 bridgehead atoms. The number of hydrogen-bond donors (Lipinski definition) is 4. The summed E-state index contributed by atoms with van der Waals surface area (Å²) in [6.45, 7) is -0.475. The smallest absolute Gasteiger partial charge is 0.328 e. The van der Waals surface area contributed by atoms with Gasteiger partial charge in [-0.3, -0.25) is 4.98 Å². The van der Waals surface area contributed by atoms with Gasteiger partial charge >= 0.3 is 12.0 Å². The van der Waals surface area contributed by atoms with E-state index in [1.165, 1.54) is 0 Å². The molecule has 0 aliphatic rings. The highest BCUT2D eigenvalue weighted by molar-refractivity contribution is 5.82. The van der Waals surface area contributed by atoms with Crippen LogP contribution in [0, 0.1) is 0 Å². The Morgan fingerprint density at radius 2 is 2.18 bits per heavy atom. The molecule has 0 saturated carbocycles. The fourth-order valence-electron chi connectivity index (χ4n) is 1.07. The van der Waals surface area contributed by atoms with Crippen LogP contribution in [0.5, 0.6) is 0 Å². The maximum Gasteiger partial charge on any atom is 0.328 e. The Morgan fingerprint density at radius 1 is 1.41 bits per heavy atom. The number of aliphatic hydroxyl groups excluding tert-OH is 1. The first-order chi connectivity index (χ1) is 8.13. The molecule has 1 aromatic heterocycles. The van der Waals surface area contributed by atoms with Gasteiger partial charge in [0.25, 0.3) is 0 Å². The summed E-state index contributed by atoms with van der Waals surface area (Å²) in [5, 5.41) is 21.8. The zero-order valence-corrected chi connectivity index (χ0v) is 8.96. The summed E-state index contributed by atoms with van der Waals surface area (Å²) in [5.74, 6) is -1.29. The summed E-state index contributed by atoms with van der Waals surface area (Å²) < 4.78 is 0. The molecule has 1 atom stereocenters. The molecule has 1 aromatic rings. The number of hydrogen-bond acceptors (Lipinski definition) is 4. The van der Waals surface area contributed by atoms with E-state index >= 15 is 0 Å². The molecule has 0 aliphatic carbocycles. The molecule has 0 saturated heterocycles. The van der Waals surface area contributed by atoms with E-state index in [9.17, 15) is 9.59 Å². The average molecular weight is 239 g/mol. The van der Waals surface area contributed by atoms with E-state index in [1.54, 1.807) is 24.4 Å². The molecular formula is C10H13N3O4. The van der Waals surface area contributed by atoms with E-state index in [-0.39, 0.29) is 6.54 Å². The van der Waals surface area contributed by atoms with Crippen molar-refractivity contribution in [1.82, 2.24) is 15.6 Å². The summed E-state index contributed by atoms with van der Waals surface area (Å²) >= 11 is 0. The van der Waals surface area contributed by atoms with Gasteiger partial charge in [-0.15, -0.1) is 0 Å². The minimum absolute atomic E-state index is 0.185. The Labute approximate surface area is 97.5 Å². The summed E-state index contributed by atoms with van der Waals surface area (Å²) in [6, 6.07) is 3.27. The van der Waals surface area contributed by atoms with Gasteiger partial charge in [-0.05, 0) is 12.1 Å². The molecule has 1 rings (SSSR count). The SMILES string of the molecule is O=C(NCc1ccccn1)N[C@H](CO)C(=O)O. The molecule has 0 fully saturated rings. The number of amides is 2. The number of rotatable bonds is 5. The van der Waals surface area contributed by atoms with E-state index in [0.29, 0.717) is 5.69 Å². The molecule has 0 spiro atoms. The fourth-order valence-corrected chi connectivity index (χ4v) is 1.07. The minimum atomic E-state index is -1.31. The Kier molecular flexibility index (Phi) is 4.89. The topological polar surface area (TPSA) is 112 Å². The second kappa shape index (κ2) is 6.44. The number of aliphatic hydroxyl groups is 1. The van der Waals surface area contributed by atoms with Crippen molar-refractivity contribution in [3.05, 3.63) is 30.1 Å². The molecule has 4 N–H and O–H groups in total. The Bertz CT molecular complexity index is 382. The number of nitrogens with zero attached hydrogens (tertiary/aromatic N) is 1. The number of carbonyl (C=O) groups is 2. The van der Waals surface area contributed by atoms with Crippen molar-refractivity contribution < 1.29 is 19.8 Å². The second-order valence-electron chi connectivity index (χ2n) is 3.22. The number of urea groups is 1. The first-order valence-corrected chi connectivity index (χ1v) is 4.91. The molecule has 0 aliphatic heterocycles. The number of aliphatic carboxylic acids is 1. The van der Waals surface area contributed by atoms with Crippen molar-refractivity contribution in [2.45, 2.75) is 12.6 Å². The van der Waals surface area contributed by atoms with E-state index < -0.39 is 24.6 Å². The van der Waals surface area contributed by atoms with Crippen LogP contribution in [0.25, 0.3) is 0 Å². The van der Waals surface area contributed by atoms with E-state index in [2.05, 4.69) is 15.6 Å². The van der Waals surface area contributed by atoms with Crippen LogP contribution in [-0.2, 0) is 11.3 Å². The van der Waals surface area contributed by atoms with Crippen LogP contribution in [0.3, 0.4) is 0 Å². The fraction of sp³-hybridized carbons (Fsp3) is 0.300. The lowest BCUT2D eigenvalue weighted by Crippen LogP contribution is -2.47. The van der Waals surface area contributed by atoms with Crippen LogP contribution in [0.4, 0.5) is 4.79 Å². The van der Waals surface area contributed by atoms with Gasteiger partial charge in [0.1, 0.15) is 0 Å². The molecule has 7 nitrogen and oxygen atoms in total. The third-order valence-corrected chi connectivity index (χ3v) is 1.94. The van der Waals surface area contributed by atoms with Gasteiger partial charge in [0, 0.05) is 6.20 Å². The van der Waals surface area contributed by atoms with Gasteiger partial charge in [0.15, 0.2) is 6.04 Å². The molecule has 92 valence electrons. The van der Waals surface area contributed by atoms with E-state index in [4.69, 9.17) is 10.2 Å². The van der Waals surface area contributed by atoms with Gasteiger partial charge in [0.2, 0.25) is 0 Å². The summed E-state index contributed by atoms with van der Waals surface area (Å²) in [5.41, 5.74) is 0.651. The number of pyridine rings is 1. The normalized spacial score (nSPS) is 11.6. The van der Waals surface area contributed by atoms with Crippen molar-refractivity contribution >= 4 is 12.0 Å². The lowest BCUT2D eigenvalue weighted by atomic mass is 10.3. The van der Waals surface area contributed by atoms with Crippen LogP contribution < -0.4 is 10.6 Å². The van der Waals surface area contributed by atoms with Crippen molar-refractivity contribution in [2.24, 2.45) is 0 Å². The molecule has 17 heavy (non-hydrogen) atoms. The number of carboxylic acids is 1. The van der Waals surface area contributed by atoms with Crippen LogP contribution in [-0.4, -0.2) is 39.8 Å². The van der Waals surface area contributed by atoms with Gasteiger partial charge in [-0.1, -0.05) is 6.07 Å². The molecule has 0 unspecified atom stereocenters. The molecule has 0 aromatic carbocycles. The average Bonchev–Trinajstić information content (AvgIpc) is 2.34. The number of carbonyl (C=O) groups excluding carboxylic acids is 1. The van der Waals surface area contributed by atoms with Crippen LogP contribution in [0.15, 0.2) is 24.4 Å². The highest BCUT2D eigenvalue weighted by atomic mass is 16.4. The molecule has 7 heteroatoms. The summed E-state index contributed by atoms with van der Waals surface area (Å²) in [4.78, 5) is 25.8. The Balaban J connectivity index is 2.37. The highest BCUT2D eigenvalue weighted by Crippen LogP contribution is 1.92. The second-order valence-corrected chi connectivity index (χ2v) is 3.22. The number of carboxylic acid groups (broad SMARTS) is 1. The number of nitrogens with one attached hydrogen (secondary N) is 2. The van der Waals surface area contributed by atoms with E-state index in [0.717, 1.165) is 0 Å². The molecular weight excluding hydrogens is 226 g/mol. The highest BCUT2D eigenvalue weighted by Gasteiger charge is 2.18. The van der Waals surface area contributed by atoms with Crippen molar-refractivity contribution in [3.63, 3.8) is 0 Å². The third kappa shape index (κ3) is 4.47. The van der Waals surface area contributed by atoms with Gasteiger partial charge in [-0.25, -0.2) is 9.59 Å². The maximum absolute atomic E-state index is 11.3. The number of aromatic nitrogens is 1. The quantitative estimate of drug-likeness (QED) is 0.544. The standard InChI is InChI=1S/C10H13N3O4/c14-6-8(9(15)16)13-10(17)12-5-7-3-1-2-4-11-7/h1-4,8,14H,5-6H2,(H,15,16)(H2,12,13,17)/t8-/m1/s1. The Morgan fingerprint density at radius 3 is 2.71 bits per heavy atom. The van der Waals surface area contributed by atoms with Crippen LogP contribution in [0.1, 0.15) is 5.69 Å². The summed E-state index contributed by atoms with van der Waals surface area (Å²) in [7, 11) is 0. The van der Waals surface area contributed by atoms with Gasteiger partial charge < -0.3 is 20.8 Å².